The fourth-order valence-electron chi connectivity index (χ4n) is 4.34. The van der Waals surface area contributed by atoms with Crippen LogP contribution in [-0.2, 0) is 11.2 Å². The minimum Gasteiger partial charge on any atom is -0.398 e. The fourth-order valence-corrected chi connectivity index (χ4v) is 4.34. The van der Waals surface area contributed by atoms with Crippen LogP contribution in [0.3, 0.4) is 0 Å². The normalized spacial score (nSPS) is 30.9. The van der Waals surface area contributed by atoms with Crippen LogP contribution in [0.2, 0.25) is 0 Å². The minimum absolute atomic E-state index is 0.311. The molecule has 2 N–H and O–H groups in total. The lowest BCUT2D eigenvalue weighted by atomic mass is 10.0. The first kappa shape index (κ1) is 12.2. The molecule has 106 valence electrons. The van der Waals surface area contributed by atoms with Crippen LogP contribution in [0.1, 0.15) is 36.8 Å². The zero-order chi connectivity index (χ0) is 13.9. The lowest BCUT2D eigenvalue weighted by Gasteiger charge is -2.18. The van der Waals surface area contributed by atoms with Gasteiger partial charge in [0, 0.05) is 23.8 Å². The van der Waals surface area contributed by atoms with Crippen LogP contribution in [0.25, 0.3) is 0 Å². The van der Waals surface area contributed by atoms with Crippen molar-refractivity contribution in [3.05, 3.63) is 23.3 Å². The number of carbonyl (C=O) groups is 1. The summed E-state index contributed by atoms with van der Waals surface area (Å²) < 4.78 is 0. The number of amides is 1. The van der Waals surface area contributed by atoms with E-state index in [1.54, 1.807) is 0 Å². The Balaban J connectivity index is 1.60. The number of nitrogens with zero attached hydrogens (tertiary/aromatic N) is 1. The molecule has 2 atom stereocenters. The molecule has 2 aliphatic carbocycles. The summed E-state index contributed by atoms with van der Waals surface area (Å²) in [5, 5.41) is 0. The van der Waals surface area contributed by atoms with Crippen LogP contribution in [0, 0.1) is 24.7 Å². The van der Waals surface area contributed by atoms with Gasteiger partial charge < -0.3 is 10.6 Å². The van der Waals surface area contributed by atoms with Gasteiger partial charge in [0.1, 0.15) is 0 Å². The number of carbonyl (C=O) groups excluding carboxylic acids is 1. The maximum absolute atomic E-state index is 12.8. The smallest absolute Gasteiger partial charge is 0.230 e. The standard InChI is InChI=1S/C17H22N2O/c1-10-8-11-6-7-19(15(11)9-14(10)18)17(20)16-12-4-2-3-5-13(12)16/h8-9,12-13,16H,2-7,18H2,1H3. The molecule has 0 saturated heterocycles. The molecule has 1 aromatic carbocycles. The summed E-state index contributed by atoms with van der Waals surface area (Å²) in [5.41, 5.74) is 10.3. The molecule has 1 aliphatic heterocycles. The minimum atomic E-state index is 0.311. The summed E-state index contributed by atoms with van der Waals surface area (Å²) in [6.07, 6.45) is 6.13. The Morgan fingerprint density at radius 1 is 1.25 bits per heavy atom. The molecule has 1 amide bonds. The zero-order valence-corrected chi connectivity index (χ0v) is 12.1. The molecular weight excluding hydrogens is 248 g/mol. The van der Waals surface area contributed by atoms with Crippen LogP contribution in [0.4, 0.5) is 11.4 Å². The lowest BCUT2D eigenvalue weighted by Crippen LogP contribution is -2.31. The molecule has 3 heteroatoms. The Kier molecular flexibility index (Phi) is 2.60. The average molecular weight is 270 g/mol. The molecule has 2 fully saturated rings. The van der Waals surface area contributed by atoms with Gasteiger partial charge in [0.25, 0.3) is 0 Å². The third-order valence-corrected chi connectivity index (χ3v) is 5.57. The first-order valence-electron chi connectivity index (χ1n) is 7.87. The van der Waals surface area contributed by atoms with Crippen molar-refractivity contribution in [3.63, 3.8) is 0 Å². The number of nitrogen functional groups attached to an aromatic ring is 1. The highest BCUT2D eigenvalue weighted by atomic mass is 16.2. The summed E-state index contributed by atoms with van der Waals surface area (Å²) >= 11 is 0. The Bertz CT molecular complexity index is 569. The summed E-state index contributed by atoms with van der Waals surface area (Å²) in [7, 11) is 0. The van der Waals surface area contributed by atoms with E-state index < -0.39 is 0 Å². The molecule has 0 bridgehead atoms. The highest BCUT2D eigenvalue weighted by Gasteiger charge is 2.56. The molecule has 2 unspecified atom stereocenters. The van der Waals surface area contributed by atoms with Crippen molar-refractivity contribution < 1.29 is 4.79 Å². The highest BCUT2D eigenvalue weighted by Crippen LogP contribution is 2.56. The Labute approximate surface area is 120 Å². The van der Waals surface area contributed by atoms with E-state index in [1.807, 2.05) is 17.9 Å². The second-order valence-corrected chi connectivity index (χ2v) is 6.72. The van der Waals surface area contributed by atoms with Gasteiger partial charge in [-0.05, 0) is 55.2 Å². The van der Waals surface area contributed by atoms with Crippen molar-refractivity contribution in [2.75, 3.05) is 17.2 Å². The van der Waals surface area contributed by atoms with E-state index in [9.17, 15) is 4.79 Å². The number of fused-ring (bicyclic) bond motifs is 2. The highest BCUT2D eigenvalue weighted by molar-refractivity contribution is 5.99. The monoisotopic (exact) mass is 270 g/mol. The predicted octanol–water partition coefficient (Wildman–Crippen LogP) is 2.90. The van der Waals surface area contributed by atoms with Crippen LogP contribution >= 0.6 is 0 Å². The van der Waals surface area contributed by atoms with Crippen LogP contribution in [-0.4, -0.2) is 12.5 Å². The maximum Gasteiger partial charge on any atom is 0.230 e. The van der Waals surface area contributed by atoms with Gasteiger partial charge in [-0.3, -0.25) is 4.79 Å². The van der Waals surface area contributed by atoms with E-state index in [1.165, 1.54) is 31.2 Å². The SMILES string of the molecule is Cc1cc2c(cc1N)N(C(=O)C1C3CCCCC31)CC2. The molecule has 2 saturated carbocycles. The van der Waals surface area contributed by atoms with Gasteiger partial charge in [0.2, 0.25) is 5.91 Å². The molecule has 0 radical (unpaired) electrons. The molecule has 0 aromatic heterocycles. The van der Waals surface area contributed by atoms with E-state index >= 15 is 0 Å². The Morgan fingerprint density at radius 2 is 1.95 bits per heavy atom. The van der Waals surface area contributed by atoms with Crippen LogP contribution < -0.4 is 10.6 Å². The Morgan fingerprint density at radius 3 is 2.65 bits per heavy atom. The number of nitrogens with two attached hydrogens (primary N) is 1. The van der Waals surface area contributed by atoms with Crippen molar-refractivity contribution in [2.45, 2.75) is 39.0 Å². The van der Waals surface area contributed by atoms with Gasteiger partial charge in [0.05, 0.1) is 0 Å². The molecule has 20 heavy (non-hydrogen) atoms. The number of hydrogen-bond donors (Lipinski definition) is 1. The van der Waals surface area contributed by atoms with E-state index in [2.05, 4.69) is 6.07 Å². The van der Waals surface area contributed by atoms with Gasteiger partial charge in [0.15, 0.2) is 0 Å². The van der Waals surface area contributed by atoms with Crippen molar-refractivity contribution in [2.24, 2.45) is 17.8 Å². The van der Waals surface area contributed by atoms with Crippen molar-refractivity contribution in [1.29, 1.82) is 0 Å². The number of benzene rings is 1. The second-order valence-electron chi connectivity index (χ2n) is 6.72. The topological polar surface area (TPSA) is 46.3 Å². The van der Waals surface area contributed by atoms with E-state index in [0.717, 1.165) is 29.9 Å². The van der Waals surface area contributed by atoms with Gasteiger partial charge >= 0.3 is 0 Å². The van der Waals surface area contributed by atoms with Crippen molar-refractivity contribution >= 4 is 17.3 Å². The van der Waals surface area contributed by atoms with Gasteiger partial charge in [-0.1, -0.05) is 18.9 Å². The van der Waals surface area contributed by atoms with Gasteiger partial charge in [-0.2, -0.15) is 0 Å². The molecule has 4 rings (SSSR count). The number of rotatable bonds is 1. The van der Waals surface area contributed by atoms with E-state index in [-0.39, 0.29) is 0 Å². The van der Waals surface area contributed by atoms with Crippen molar-refractivity contribution in [3.8, 4) is 0 Å². The first-order valence-corrected chi connectivity index (χ1v) is 7.87. The zero-order valence-electron chi connectivity index (χ0n) is 12.1. The van der Waals surface area contributed by atoms with Gasteiger partial charge in [-0.15, -0.1) is 0 Å². The van der Waals surface area contributed by atoms with E-state index in [0.29, 0.717) is 23.7 Å². The maximum atomic E-state index is 12.8. The molecule has 3 aliphatic rings. The summed E-state index contributed by atoms with van der Waals surface area (Å²) in [6.45, 7) is 2.88. The predicted molar refractivity (Wildman–Crippen MR) is 80.6 cm³/mol. The second kappa shape index (κ2) is 4.24. The molecule has 3 nitrogen and oxygen atoms in total. The Hall–Kier alpha value is -1.51. The fraction of sp³-hybridized carbons (Fsp3) is 0.588. The number of anilines is 2. The largest absolute Gasteiger partial charge is 0.398 e. The number of aryl methyl sites for hydroxylation is 1. The summed E-state index contributed by atoms with van der Waals surface area (Å²) in [4.78, 5) is 14.8. The average Bonchev–Trinajstić information content (AvgIpc) is 3.05. The molecule has 0 spiro atoms. The third kappa shape index (κ3) is 1.68. The van der Waals surface area contributed by atoms with E-state index in [4.69, 9.17) is 5.73 Å². The first-order chi connectivity index (χ1) is 9.66. The molecule has 1 heterocycles. The van der Waals surface area contributed by atoms with Crippen LogP contribution in [0.15, 0.2) is 12.1 Å². The quantitative estimate of drug-likeness (QED) is 0.798. The third-order valence-electron chi connectivity index (χ3n) is 5.57. The van der Waals surface area contributed by atoms with Gasteiger partial charge in [-0.25, -0.2) is 0 Å². The van der Waals surface area contributed by atoms with Crippen LogP contribution in [0.5, 0.6) is 0 Å². The summed E-state index contributed by atoms with van der Waals surface area (Å²) in [5.74, 6) is 2.04. The molecular formula is C17H22N2O. The number of hydrogen-bond acceptors (Lipinski definition) is 2. The lowest BCUT2D eigenvalue weighted by molar-refractivity contribution is -0.120. The summed E-state index contributed by atoms with van der Waals surface area (Å²) in [6, 6.07) is 4.15. The van der Waals surface area contributed by atoms with Crippen molar-refractivity contribution in [1.82, 2.24) is 0 Å². The molecule has 1 aromatic rings.